The van der Waals surface area contributed by atoms with Crippen LogP contribution in [-0.2, 0) is 9.53 Å². The van der Waals surface area contributed by atoms with E-state index in [0.717, 1.165) is 36.5 Å². The van der Waals surface area contributed by atoms with Crippen molar-refractivity contribution in [2.75, 3.05) is 25.6 Å². The van der Waals surface area contributed by atoms with E-state index in [2.05, 4.69) is 24.3 Å². The predicted molar refractivity (Wildman–Crippen MR) is 89.0 cm³/mol. The number of hydrogen-bond donors (Lipinski definition) is 1. The van der Waals surface area contributed by atoms with Crippen LogP contribution in [0.4, 0.5) is 5.82 Å². The second-order valence-electron chi connectivity index (χ2n) is 6.76. The number of nitrogens with one attached hydrogen (secondary N) is 1. The largest absolute Gasteiger partial charge is 0.383 e. The van der Waals surface area contributed by atoms with Crippen molar-refractivity contribution in [1.29, 1.82) is 0 Å². The first-order chi connectivity index (χ1) is 11.0. The van der Waals surface area contributed by atoms with Gasteiger partial charge in [0.1, 0.15) is 5.82 Å². The minimum Gasteiger partial charge on any atom is -0.383 e. The molecular weight excluding hydrogens is 292 g/mol. The molecule has 6 heteroatoms. The average molecular weight is 318 g/mol. The molecule has 6 nitrogen and oxygen atoms in total. The first-order valence-corrected chi connectivity index (χ1v) is 8.35. The monoisotopic (exact) mass is 318 g/mol. The van der Waals surface area contributed by atoms with Crippen molar-refractivity contribution in [3.05, 3.63) is 23.5 Å². The lowest BCUT2D eigenvalue weighted by molar-refractivity contribution is -0.129. The molecule has 2 aliphatic rings. The van der Waals surface area contributed by atoms with Crippen LogP contribution < -0.4 is 5.32 Å². The number of ether oxygens (including phenoxy) is 1. The van der Waals surface area contributed by atoms with E-state index < -0.39 is 0 Å². The van der Waals surface area contributed by atoms with Gasteiger partial charge in [0.15, 0.2) is 0 Å². The van der Waals surface area contributed by atoms with Gasteiger partial charge < -0.3 is 15.0 Å². The number of carbonyl (C=O) groups excluding carboxylic acids is 1. The highest BCUT2D eigenvalue weighted by atomic mass is 16.5. The summed E-state index contributed by atoms with van der Waals surface area (Å²) < 4.78 is 7.23. The van der Waals surface area contributed by atoms with Gasteiger partial charge in [0.25, 0.3) is 5.91 Å². The summed E-state index contributed by atoms with van der Waals surface area (Å²) in [5, 5.41) is 7.76. The lowest BCUT2D eigenvalue weighted by Crippen LogP contribution is -2.43. The SMILES string of the molecule is COCC1CCCN1C(=O)C1=C(C)Nc2ccnn2C1C(C)C. The Labute approximate surface area is 137 Å². The molecule has 3 heterocycles. The van der Waals surface area contributed by atoms with Crippen LogP contribution in [0.5, 0.6) is 0 Å². The minimum absolute atomic E-state index is 0.0301. The predicted octanol–water partition coefficient (Wildman–Crippen LogP) is 2.42. The van der Waals surface area contributed by atoms with E-state index in [0.29, 0.717) is 6.61 Å². The third-order valence-electron chi connectivity index (χ3n) is 4.81. The van der Waals surface area contributed by atoms with Crippen molar-refractivity contribution >= 4 is 11.7 Å². The summed E-state index contributed by atoms with van der Waals surface area (Å²) in [5.74, 6) is 1.36. The number of carbonyl (C=O) groups is 1. The lowest BCUT2D eigenvalue weighted by Gasteiger charge is -2.35. The molecule has 1 aromatic heterocycles. The molecule has 0 aromatic carbocycles. The standard InChI is InChI=1S/C17H26N4O2/c1-11(2)16-15(12(3)19-14-7-8-18-21(14)16)17(22)20-9-5-6-13(20)10-23-4/h7-8,11,13,16,19H,5-6,9-10H2,1-4H3. The Hall–Kier alpha value is -1.82. The van der Waals surface area contributed by atoms with Crippen LogP contribution in [0.3, 0.4) is 0 Å². The van der Waals surface area contributed by atoms with Gasteiger partial charge in [-0.05, 0) is 25.7 Å². The van der Waals surface area contributed by atoms with Gasteiger partial charge in [-0.1, -0.05) is 13.8 Å². The summed E-state index contributed by atoms with van der Waals surface area (Å²) in [4.78, 5) is 15.3. The molecule has 0 radical (unpaired) electrons. The van der Waals surface area contributed by atoms with E-state index in [-0.39, 0.29) is 23.9 Å². The van der Waals surface area contributed by atoms with Crippen molar-refractivity contribution < 1.29 is 9.53 Å². The van der Waals surface area contributed by atoms with Crippen molar-refractivity contribution in [1.82, 2.24) is 14.7 Å². The molecule has 1 saturated heterocycles. The maximum absolute atomic E-state index is 13.3. The van der Waals surface area contributed by atoms with Gasteiger partial charge in [-0.2, -0.15) is 5.10 Å². The second kappa shape index (κ2) is 6.35. The highest BCUT2D eigenvalue weighted by Gasteiger charge is 2.38. The molecule has 2 atom stereocenters. The van der Waals surface area contributed by atoms with Gasteiger partial charge >= 0.3 is 0 Å². The zero-order chi connectivity index (χ0) is 16.6. The van der Waals surface area contributed by atoms with E-state index >= 15 is 0 Å². The van der Waals surface area contributed by atoms with Gasteiger partial charge in [-0.3, -0.25) is 4.79 Å². The first-order valence-electron chi connectivity index (χ1n) is 8.35. The van der Waals surface area contributed by atoms with Crippen LogP contribution in [0.2, 0.25) is 0 Å². The fourth-order valence-corrected chi connectivity index (χ4v) is 3.76. The molecule has 0 saturated carbocycles. The Morgan fingerprint density at radius 2 is 2.30 bits per heavy atom. The summed E-state index contributed by atoms with van der Waals surface area (Å²) in [5.41, 5.74) is 1.77. The van der Waals surface area contributed by atoms with Crippen molar-refractivity contribution in [2.45, 2.75) is 45.7 Å². The molecule has 2 aliphatic heterocycles. The van der Waals surface area contributed by atoms with E-state index in [1.54, 1.807) is 13.3 Å². The van der Waals surface area contributed by atoms with Crippen molar-refractivity contribution in [3.8, 4) is 0 Å². The summed E-state index contributed by atoms with van der Waals surface area (Å²) in [6.45, 7) is 7.67. The van der Waals surface area contributed by atoms with Crippen LogP contribution in [0.1, 0.15) is 39.7 Å². The normalized spacial score (nSPS) is 24.1. The highest BCUT2D eigenvalue weighted by Crippen LogP contribution is 2.37. The third-order valence-corrected chi connectivity index (χ3v) is 4.81. The van der Waals surface area contributed by atoms with E-state index in [1.165, 1.54) is 0 Å². The van der Waals surface area contributed by atoms with Gasteiger partial charge in [-0.25, -0.2) is 4.68 Å². The molecule has 23 heavy (non-hydrogen) atoms. The zero-order valence-corrected chi connectivity index (χ0v) is 14.4. The Morgan fingerprint density at radius 1 is 1.52 bits per heavy atom. The van der Waals surface area contributed by atoms with E-state index in [9.17, 15) is 4.79 Å². The minimum atomic E-state index is -0.0301. The molecule has 1 amide bonds. The maximum atomic E-state index is 13.3. The molecule has 1 aromatic rings. The van der Waals surface area contributed by atoms with Gasteiger partial charge in [0.05, 0.1) is 30.5 Å². The number of aromatic nitrogens is 2. The Morgan fingerprint density at radius 3 is 3.00 bits per heavy atom. The lowest BCUT2D eigenvalue weighted by atomic mass is 9.92. The Bertz CT molecular complexity index is 620. The first kappa shape index (κ1) is 16.1. The number of methoxy groups -OCH3 is 1. The molecule has 1 fully saturated rings. The second-order valence-corrected chi connectivity index (χ2v) is 6.76. The Kier molecular flexibility index (Phi) is 4.43. The van der Waals surface area contributed by atoms with Crippen LogP contribution in [-0.4, -0.2) is 46.9 Å². The van der Waals surface area contributed by atoms with Crippen LogP contribution in [0.25, 0.3) is 0 Å². The summed E-state index contributed by atoms with van der Waals surface area (Å²) >= 11 is 0. The number of allylic oxidation sites excluding steroid dienone is 1. The number of nitrogens with zero attached hydrogens (tertiary/aromatic N) is 3. The average Bonchev–Trinajstić information content (AvgIpc) is 3.14. The fourth-order valence-electron chi connectivity index (χ4n) is 3.76. The smallest absolute Gasteiger partial charge is 0.254 e. The molecule has 126 valence electrons. The van der Waals surface area contributed by atoms with Gasteiger partial charge in [0.2, 0.25) is 0 Å². The van der Waals surface area contributed by atoms with Gasteiger partial charge in [0, 0.05) is 25.4 Å². The number of hydrogen-bond acceptors (Lipinski definition) is 4. The number of amides is 1. The highest BCUT2D eigenvalue weighted by molar-refractivity contribution is 5.96. The fraction of sp³-hybridized carbons (Fsp3) is 0.647. The van der Waals surface area contributed by atoms with Crippen molar-refractivity contribution in [2.24, 2.45) is 5.92 Å². The summed E-state index contributed by atoms with van der Waals surface area (Å²) in [6, 6.07) is 2.10. The molecule has 0 spiro atoms. The van der Waals surface area contributed by atoms with Crippen LogP contribution in [0.15, 0.2) is 23.5 Å². The van der Waals surface area contributed by atoms with Crippen LogP contribution in [0, 0.1) is 5.92 Å². The quantitative estimate of drug-likeness (QED) is 0.926. The number of anilines is 1. The molecular formula is C17H26N4O2. The number of fused-ring (bicyclic) bond motifs is 1. The van der Waals surface area contributed by atoms with E-state index in [4.69, 9.17) is 4.74 Å². The molecule has 3 rings (SSSR count). The molecule has 0 aliphatic carbocycles. The maximum Gasteiger partial charge on any atom is 0.254 e. The van der Waals surface area contributed by atoms with E-state index in [1.807, 2.05) is 22.6 Å². The number of rotatable bonds is 4. The van der Waals surface area contributed by atoms with Crippen LogP contribution >= 0.6 is 0 Å². The molecule has 0 bridgehead atoms. The summed E-state index contributed by atoms with van der Waals surface area (Å²) in [6.07, 6.45) is 3.83. The zero-order valence-electron chi connectivity index (χ0n) is 14.4. The van der Waals surface area contributed by atoms with Gasteiger partial charge in [-0.15, -0.1) is 0 Å². The molecule has 2 unspecified atom stereocenters. The topological polar surface area (TPSA) is 59.4 Å². The Balaban J connectivity index is 1.94. The summed E-state index contributed by atoms with van der Waals surface area (Å²) in [7, 11) is 1.70. The third kappa shape index (κ3) is 2.76. The molecule has 1 N–H and O–H groups in total. The number of likely N-dealkylation sites (tertiary alicyclic amines) is 1. The van der Waals surface area contributed by atoms with Crippen molar-refractivity contribution in [3.63, 3.8) is 0 Å².